The second kappa shape index (κ2) is 6.70. The van der Waals surface area contributed by atoms with Crippen LogP contribution >= 0.6 is 0 Å². The van der Waals surface area contributed by atoms with Gasteiger partial charge in [-0.3, -0.25) is 0 Å². The number of nitrogens with zero attached hydrogens (tertiary/aromatic N) is 3. The number of methoxy groups -OCH3 is 1. The molecule has 0 bridgehead atoms. The van der Waals surface area contributed by atoms with Crippen molar-refractivity contribution in [2.75, 3.05) is 12.4 Å². The van der Waals surface area contributed by atoms with Crippen molar-refractivity contribution >= 4 is 11.5 Å². The molecule has 0 aliphatic carbocycles. The predicted molar refractivity (Wildman–Crippen MR) is 92.1 cm³/mol. The number of benzene rings is 1. The van der Waals surface area contributed by atoms with E-state index in [2.05, 4.69) is 15.3 Å². The molecule has 5 nitrogen and oxygen atoms in total. The lowest BCUT2D eigenvalue weighted by Gasteiger charge is -2.14. The van der Waals surface area contributed by atoms with Crippen molar-refractivity contribution in [3.63, 3.8) is 0 Å². The molecular formula is C18H17F3N4O. The first-order chi connectivity index (χ1) is 12.3. The van der Waals surface area contributed by atoms with Crippen molar-refractivity contribution in [1.29, 1.82) is 0 Å². The molecule has 8 heteroatoms. The summed E-state index contributed by atoms with van der Waals surface area (Å²) in [6.07, 6.45) is -0.911. The lowest BCUT2D eigenvalue weighted by atomic mass is 10.2. The van der Waals surface area contributed by atoms with E-state index in [0.717, 1.165) is 23.5 Å². The maximum absolute atomic E-state index is 13.0. The van der Waals surface area contributed by atoms with Gasteiger partial charge in [0.1, 0.15) is 11.6 Å². The molecular weight excluding hydrogens is 345 g/mol. The maximum atomic E-state index is 13.0. The van der Waals surface area contributed by atoms with Gasteiger partial charge in [-0.2, -0.15) is 13.2 Å². The average molecular weight is 362 g/mol. The summed E-state index contributed by atoms with van der Waals surface area (Å²) < 4.78 is 46.1. The number of pyridine rings is 1. The number of ether oxygens (including phenoxy) is 1. The van der Waals surface area contributed by atoms with E-state index < -0.39 is 11.7 Å². The van der Waals surface area contributed by atoms with E-state index in [-0.39, 0.29) is 11.5 Å². The number of rotatable bonds is 4. The first kappa shape index (κ1) is 17.8. The van der Waals surface area contributed by atoms with Crippen LogP contribution in [0.25, 0.3) is 5.69 Å². The standard InChI is InChI=1S/C18H17F3N4O/c1-11-6-13(18(19,20)21)7-17(23-11)24-14-4-5-15(16(8-14)26-3)25-9-12(2)22-10-25/h4-10H,1-3H3,(H,23,24). The van der Waals surface area contributed by atoms with Gasteiger partial charge in [0.25, 0.3) is 0 Å². The van der Waals surface area contributed by atoms with E-state index in [1.54, 1.807) is 24.5 Å². The molecule has 0 fully saturated rings. The minimum absolute atomic E-state index is 0.116. The van der Waals surface area contributed by atoms with E-state index in [0.29, 0.717) is 11.4 Å². The lowest BCUT2D eigenvalue weighted by Crippen LogP contribution is -2.07. The van der Waals surface area contributed by atoms with Gasteiger partial charge in [0.05, 0.1) is 30.4 Å². The zero-order valence-corrected chi connectivity index (χ0v) is 14.4. The molecule has 2 heterocycles. The molecule has 0 spiro atoms. The Labute approximate surface area is 148 Å². The summed E-state index contributed by atoms with van der Waals surface area (Å²) in [5.74, 6) is 0.668. The number of imidazole rings is 1. The molecule has 0 unspecified atom stereocenters. The molecule has 0 aliphatic rings. The third-order valence-electron chi connectivity index (χ3n) is 3.72. The molecule has 0 saturated carbocycles. The molecule has 1 N–H and O–H groups in total. The average Bonchev–Trinajstić information content (AvgIpc) is 2.99. The van der Waals surface area contributed by atoms with Crippen LogP contribution < -0.4 is 10.1 Å². The fourth-order valence-corrected chi connectivity index (χ4v) is 2.57. The molecule has 3 rings (SSSR count). The van der Waals surface area contributed by atoms with E-state index in [1.807, 2.05) is 17.7 Å². The number of halogens is 3. The van der Waals surface area contributed by atoms with Gasteiger partial charge in [-0.1, -0.05) is 0 Å². The molecule has 26 heavy (non-hydrogen) atoms. The van der Waals surface area contributed by atoms with Crippen LogP contribution in [0.1, 0.15) is 17.0 Å². The Bertz CT molecular complexity index is 934. The van der Waals surface area contributed by atoms with Crippen molar-refractivity contribution in [2.24, 2.45) is 0 Å². The summed E-state index contributed by atoms with van der Waals surface area (Å²) in [5.41, 5.74) is 1.73. The highest BCUT2D eigenvalue weighted by atomic mass is 19.4. The highest BCUT2D eigenvalue weighted by Gasteiger charge is 2.31. The van der Waals surface area contributed by atoms with E-state index in [4.69, 9.17) is 4.74 Å². The number of aromatic nitrogens is 3. The second-order valence-corrected chi connectivity index (χ2v) is 5.81. The third kappa shape index (κ3) is 3.79. The molecule has 3 aromatic rings. The lowest BCUT2D eigenvalue weighted by molar-refractivity contribution is -0.137. The van der Waals surface area contributed by atoms with Gasteiger partial charge in [0.2, 0.25) is 0 Å². The van der Waals surface area contributed by atoms with Crippen LogP contribution in [0, 0.1) is 13.8 Å². The number of alkyl halides is 3. The molecule has 2 aromatic heterocycles. The Hall–Kier alpha value is -3.03. The Morgan fingerprint density at radius 2 is 1.85 bits per heavy atom. The number of hydrogen-bond acceptors (Lipinski definition) is 4. The highest BCUT2D eigenvalue weighted by Crippen LogP contribution is 2.32. The Morgan fingerprint density at radius 1 is 1.08 bits per heavy atom. The summed E-state index contributed by atoms with van der Waals surface area (Å²) in [6.45, 7) is 3.39. The summed E-state index contributed by atoms with van der Waals surface area (Å²) in [6, 6.07) is 7.22. The van der Waals surface area contributed by atoms with Crippen molar-refractivity contribution in [3.8, 4) is 11.4 Å². The largest absolute Gasteiger partial charge is 0.494 e. The van der Waals surface area contributed by atoms with Crippen LogP contribution in [0.15, 0.2) is 42.9 Å². The fraction of sp³-hybridized carbons (Fsp3) is 0.222. The quantitative estimate of drug-likeness (QED) is 0.734. The summed E-state index contributed by atoms with van der Waals surface area (Å²) >= 11 is 0. The smallest absolute Gasteiger partial charge is 0.416 e. The monoisotopic (exact) mass is 362 g/mol. The van der Waals surface area contributed by atoms with Gasteiger partial charge in [-0.05, 0) is 38.1 Å². The van der Waals surface area contributed by atoms with Gasteiger partial charge in [0.15, 0.2) is 0 Å². The Morgan fingerprint density at radius 3 is 2.46 bits per heavy atom. The van der Waals surface area contributed by atoms with Crippen LogP contribution in [0.2, 0.25) is 0 Å². The number of anilines is 2. The summed E-state index contributed by atoms with van der Waals surface area (Å²) in [7, 11) is 1.53. The van der Waals surface area contributed by atoms with Crippen LogP contribution in [0.4, 0.5) is 24.7 Å². The molecule has 0 amide bonds. The zero-order chi connectivity index (χ0) is 18.9. The van der Waals surface area contributed by atoms with Crippen molar-refractivity contribution in [3.05, 3.63) is 59.8 Å². The minimum atomic E-state index is -4.43. The van der Waals surface area contributed by atoms with Crippen LogP contribution in [0.3, 0.4) is 0 Å². The van der Waals surface area contributed by atoms with Gasteiger partial charge < -0.3 is 14.6 Å². The molecule has 136 valence electrons. The predicted octanol–water partition coefficient (Wildman–Crippen LogP) is 4.66. The first-order valence-electron chi connectivity index (χ1n) is 7.78. The van der Waals surface area contributed by atoms with Crippen molar-refractivity contribution in [1.82, 2.24) is 14.5 Å². The molecule has 0 atom stereocenters. The maximum Gasteiger partial charge on any atom is 0.416 e. The van der Waals surface area contributed by atoms with Crippen molar-refractivity contribution < 1.29 is 17.9 Å². The topological polar surface area (TPSA) is 52.0 Å². The first-order valence-corrected chi connectivity index (χ1v) is 7.78. The van der Waals surface area contributed by atoms with E-state index >= 15 is 0 Å². The Balaban J connectivity index is 1.93. The van der Waals surface area contributed by atoms with Crippen LogP contribution in [0.5, 0.6) is 5.75 Å². The van der Waals surface area contributed by atoms with Gasteiger partial charge >= 0.3 is 6.18 Å². The molecule has 0 aliphatic heterocycles. The minimum Gasteiger partial charge on any atom is -0.494 e. The zero-order valence-electron chi connectivity index (χ0n) is 14.4. The number of nitrogens with one attached hydrogen (secondary N) is 1. The van der Waals surface area contributed by atoms with Crippen LogP contribution in [-0.2, 0) is 6.18 Å². The SMILES string of the molecule is COc1cc(Nc2cc(C(F)(F)F)cc(C)n2)ccc1-n1cnc(C)c1. The van der Waals surface area contributed by atoms with Crippen LogP contribution in [-0.4, -0.2) is 21.6 Å². The molecule has 1 aromatic carbocycles. The Kier molecular flexibility index (Phi) is 4.58. The summed E-state index contributed by atoms with van der Waals surface area (Å²) in [4.78, 5) is 8.29. The van der Waals surface area contributed by atoms with Crippen molar-refractivity contribution in [2.45, 2.75) is 20.0 Å². The second-order valence-electron chi connectivity index (χ2n) is 5.81. The number of hydrogen-bond donors (Lipinski definition) is 1. The normalized spacial score (nSPS) is 11.5. The highest BCUT2D eigenvalue weighted by molar-refractivity contribution is 5.63. The van der Waals surface area contributed by atoms with Gasteiger partial charge in [-0.25, -0.2) is 9.97 Å². The fourth-order valence-electron chi connectivity index (χ4n) is 2.57. The molecule has 0 radical (unpaired) electrons. The summed E-state index contributed by atoms with van der Waals surface area (Å²) in [5, 5.41) is 2.90. The van der Waals surface area contributed by atoms with Gasteiger partial charge in [0, 0.05) is 23.6 Å². The third-order valence-corrected chi connectivity index (χ3v) is 3.72. The van der Waals surface area contributed by atoms with E-state index in [9.17, 15) is 13.2 Å². The van der Waals surface area contributed by atoms with Gasteiger partial charge in [-0.15, -0.1) is 0 Å². The molecule has 0 saturated heterocycles. The number of aryl methyl sites for hydroxylation is 2. The van der Waals surface area contributed by atoms with E-state index in [1.165, 1.54) is 14.0 Å².